The van der Waals surface area contributed by atoms with Gasteiger partial charge in [-0.05, 0) is 24.6 Å². The zero-order valence-corrected chi connectivity index (χ0v) is 13.4. The largest absolute Gasteiger partial charge is 0.371 e. The molecule has 2 aromatic heterocycles. The van der Waals surface area contributed by atoms with Crippen LogP contribution in [0, 0.1) is 0 Å². The van der Waals surface area contributed by atoms with Crippen molar-refractivity contribution in [3.05, 3.63) is 42.7 Å². The van der Waals surface area contributed by atoms with E-state index in [4.69, 9.17) is 0 Å². The van der Waals surface area contributed by atoms with Crippen molar-refractivity contribution in [3.8, 4) is 11.3 Å². The highest BCUT2D eigenvalue weighted by Crippen LogP contribution is 2.28. The van der Waals surface area contributed by atoms with E-state index in [9.17, 15) is 4.79 Å². The van der Waals surface area contributed by atoms with Crippen molar-refractivity contribution in [2.45, 2.75) is 12.8 Å². The summed E-state index contributed by atoms with van der Waals surface area (Å²) in [5, 5.41) is 3.08. The molecule has 1 aliphatic heterocycles. The maximum Gasteiger partial charge on any atom is 0.227 e. The van der Waals surface area contributed by atoms with Crippen LogP contribution in [0.15, 0.2) is 42.7 Å². The maximum absolute atomic E-state index is 11.8. The Bertz CT molecular complexity index is 907. The van der Waals surface area contributed by atoms with Crippen LogP contribution < -0.4 is 10.2 Å². The van der Waals surface area contributed by atoms with Gasteiger partial charge < -0.3 is 10.2 Å². The molecule has 1 fully saturated rings. The van der Waals surface area contributed by atoms with Crippen molar-refractivity contribution in [2.24, 2.45) is 0 Å². The number of hydrogen-bond acceptors (Lipinski definition) is 5. The molecule has 0 aliphatic carbocycles. The SMILES string of the molecule is CNc1nc(-c2ccc(N3CCCC3=O)cc2)cc2nccnc12. The average molecular weight is 319 g/mol. The van der Waals surface area contributed by atoms with E-state index in [0.29, 0.717) is 12.2 Å². The molecular weight excluding hydrogens is 302 g/mol. The van der Waals surface area contributed by atoms with E-state index in [0.717, 1.165) is 40.9 Å². The normalized spacial score (nSPS) is 14.4. The van der Waals surface area contributed by atoms with Gasteiger partial charge in [-0.15, -0.1) is 0 Å². The Morgan fingerprint density at radius 1 is 1.12 bits per heavy atom. The van der Waals surface area contributed by atoms with Crippen molar-refractivity contribution in [1.29, 1.82) is 0 Å². The Kier molecular flexibility index (Phi) is 3.57. The van der Waals surface area contributed by atoms with Gasteiger partial charge in [0.1, 0.15) is 5.52 Å². The third-order valence-corrected chi connectivity index (χ3v) is 4.24. The number of benzene rings is 1. The highest BCUT2D eigenvalue weighted by molar-refractivity contribution is 5.95. The predicted molar refractivity (Wildman–Crippen MR) is 93.9 cm³/mol. The first-order valence-electron chi connectivity index (χ1n) is 7.96. The number of aromatic nitrogens is 3. The van der Waals surface area contributed by atoms with Crippen LogP contribution in [0.5, 0.6) is 0 Å². The number of pyridine rings is 1. The number of nitrogens with zero attached hydrogens (tertiary/aromatic N) is 4. The Balaban J connectivity index is 1.73. The summed E-state index contributed by atoms with van der Waals surface area (Å²) in [6.45, 7) is 0.798. The molecule has 6 heteroatoms. The number of amides is 1. The number of carbonyl (C=O) groups is 1. The molecule has 1 N–H and O–H groups in total. The second-order valence-corrected chi connectivity index (χ2v) is 5.73. The fourth-order valence-corrected chi connectivity index (χ4v) is 3.03. The van der Waals surface area contributed by atoms with Crippen LogP contribution in [-0.4, -0.2) is 34.5 Å². The average Bonchev–Trinajstić information content (AvgIpc) is 3.07. The van der Waals surface area contributed by atoms with Gasteiger partial charge in [0, 0.05) is 43.7 Å². The number of rotatable bonds is 3. The number of hydrogen-bond donors (Lipinski definition) is 1. The van der Waals surface area contributed by atoms with Crippen LogP contribution in [0.3, 0.4) is 0 Å². The molecule has 0 saturated carbocycles. The first-order chi connectivity index (χ1) is 11.8. The van der Waals surface area contributed by atoms with Gasteiger partial charge in [0.2, 0.25) is 5.91 Å². The van der Waals surface area contributed by atoms with Gasteiger partial charge in [0.25, 0.3) is 0 Å². The minimum absolute atomic E-state index is 0.194. The predicted octanol–water partition coefficient (Wildman–Crippen LogP) is 2.86. The number of carbonyl (C=O) groups excluding carboxylic acids is 1. The quantitative estimate of drug-likeness (QED) is 0.804. The van der Waals surface area contributed by atoms with Crippen LogP contribution in [0.2, 0.25) is 0 Å². The summed E-state index contributed by atoms with van der Waals surface area (Å²) >= 11 is 0. The first-order valence-corrected chi connectivity index (χ1v) is 7.96. The van der Waals surface area contributed by atoms with Crippen molar-refractivity contribution in [1.82, 2.24) is 15.0 Å². The molecule has 1 saturated heterocycles. The smallest absolute Gasteiger partial charge is 0.227 e. The Hall–Kier alpha value is -3.02. The van der Waals surface area contributed by atoms with Gasteiger partial charge in [-0.2, -0.15) is 0 Å². The monoisotopic (exact) mass is 319 g/mol. The van der Waals surface area contributed by atoms with Gasteiger partial charge in [-0.1, -0.05) is 12.1 Å². The van der Waals surface area contributed by atoms with E-state index in [1.165, 1.54) is 0 Å². The van der Waals surface area contributed by atoms with Crippen molar-refractivity contribution >= 4 is 28.4 Å². The summed E-state index contributed by atoms with van der Waals surface area (Å²) in [5.74, 6) is 0.897. The summed E-state index contributed by atoms with van der Waals surface area (Å²) in [6, 6.07) is 9.86. The van der Waals surface area contributed by atoms with E-state index in [2.05, 4.69) is 20.3 Å². The highest BCUT2D eigenvalue weighted by atomic mass is 16.2. The van der Waals surface area contributed by atoms with Crippen LogP contribution in [0.1, 0.15) is 12.8 Å². The fraction of sp³-hybridized carbons (Fsp3) is 0.222. The Morgan fingerprint density at radius 3 is 2.62 bits per heavy atom. The third-order valence-electron chi connectivity index (χ3n) is 4.24. The zero-order chi connectivity index (χ0) is 16.5. The summed E-state index contributed by atoms with van der Waals surface area (Å²) in [6.07, 6.45) is 4.90. The molecule has 3 aromatic rings. The summed E-state index contributed by atoms with van der Waals surface area (Å²) in [5.41, 5.74) is 4.30. The summed E-state index contributed by atoms with van der Waals surface area (Å²) in [7, 11) is 1.82. The molecule has 1 amide bonds. The molecular formula is C18H17N5O. The third kappa shape index (κ3) is 2.46. The Morgan fingerprint density at radius 2 is 1.92 bits per heavy atom. The van der Waals surface area contributed by atoms with Crippen LogP contribution in [-0.2, 0) is 4.79 Å². The van der Waals surface area contributed by atoms with Gasteiger partial charge in [-0.3, -0.25) is 9.78 Å². The molecule has 0 atom stereocenters. The molecule has 0 spiro atoms. The molecule has 0 radical (unpaired) electrons. The summed E-state index contributed by atoms with van der Waals surface area (Å²) < 4.78 is 0. The van der Waals surface area contributed by atoms with Gasteiger partial charge >= 0.3 is 0 Å². The second-order valence-electron chi connectivity index (χ2n) is 5.73. The highest BCUT2D eigenvalue weighted by Gasteiger charge is 2.21. The lowest BCUT2D eigenvalue weighted by atomic mass is 10.1. The fourth-order valence-electron chi connectivity index (χ4n) is 3.03. The van der Waals surface area contributed by atoms with Gasteiger partial charge in [0.05, 0.1) is 11.2 Å². The molecule has 0 bridgehead atoms. The lowest BCUT2D eigenvalue weighted by Crippen LogP contribution is -2.23. The van der Waals surface area contributed by atoms with E-state index in [-0.39, 0.29) is 5.91 Å². The minimum atomic E-state index is 0.194. The first kappa shape index (κ1) is 14.6. The second kappa shape index (κ2) is 5.88. The van der Waals surface area contributed by atoms with Crippen molar-refractivity contribution in [2.75, 3.05) is 23.8 Å². The molecule has 6 nitrogen and oxygen atoms in total. The van der Waals surface area contributed by atoms with Crippen LogP contribution in [0.4, 0.5) is 11.5 Å². The van der Waals surface area contributed by atoms with Crippen LogP contribution >= 0.6 is 0 Å². The Labute approximate surface area is 139 Å². The topological polar surface area (TPSA) is 71.0 Å². The van der Waals surface area contributed by atoms with E-state index in [1.807, 2.05) is 42.3 Å². The molecule has 1 aliphatic rings. The van der Waals surface area contributed by atoms with Crippen molar-refractivity contribution in [3.63, 3.8) is 0 Å². The lowest BCUT2D eigenvalue weighted by molar-refractivity contribution is -0.117. The van der Waals surface area contributed by atoms with Crippen molar-refractivity contribution < 1.29 is 4.79 Å². The number of fused-ring (bicyclic) bond motifs is 1. The molecule has 120 valence electrons. The van der Waals surface area contributed by atoms with Gasteiger partial charge in [-0.25, -0.2) is 9.97 Å². The minimum Gasteiger partial charge on any atom is -0.371 e. The number of anilines is 2. The molecule has 3 heterocycles. The molecule has 1 aromatic carbocycles. The molecule has 0 unspecified atom stereocenters. The van der Waals surface area contributed by atoms with Gasteiger partial charge in [0.15, 0.2) is 5.82 Å². The van der Waals surface area contributed by atoms with E-state index < -0.39 is 0 Å². The lowest BCUT2D eigenvalue weighted by Gasteiger charge is -2.16. The van der Waals surface area contributed by atoms with Crippen LogP contribution in [0.25, 0.3) is 22.3 Å². The molecule has 4 rings (SSSR count). The van der Waals surface area contributed by atoms with E-state index >= 15 is 0 Å². The standard InChI is InChI=1S/C18H17N5O/c1-19-18-17-15(20-8-9-21-17)11-14(22-18)12-4-6-13(7-5-12)23-10-2-3-16(23)24/h4-9,11H,2-3,10H2,1H3,(H,19,22). The summed E-state index contributed by atoms with van der Waals surface area (Å²) in [4.78, 5) is 27.0. The zero-order valence-electron chi connectivity index (χ0n) is 13.4. The number of nitrogens with one attached hydrogen (secondary N) is 1. The maximum atomic E-state index is 11.8. The molecule has 24 heavy (non-hydrogen) atoms. The van der Waals surface area contributed by atoms with E-state index in [1.54, 1.807) is 12.4 Å².